The Labute approximate surface area is 201 Å². The molecule has 0 bridgehead atoms. The summed E-state index contributed by atoms with van der Waals surface area (Å²) in [4.78, 5) is 6.63. The zero-order valence-electron chi connectivity index (χ0n) is 17.9. The van der Waals surface area contributed by atoms with Crippen molar-refractivity contribution in [1.82, 2.24) is 20.4 Å². The molecule has 0 amide bonds. The van der Waals surface area contributed by atoms with Crippen LogP contribution in [0.1, 0.15) is 37.3 Å². The van der Waals surface area contributed by atoms with E-state index in [9.17, 15) is 4.39 Å². The van der Waals surface area contributed by atoms with Crippen molar-refractivity contribution >= 4 is 34.5 Å². The second-order valence-corrected chi connectivity index (χ2v) is 8.94. The zero-order chi connectivity index (χ0) is 22.9. The molecular weight excluding hydrogens is 463 g/mol. The van der Waals surface area contributed by atoms with E-state index in [0.29, 0.717) is 34.0 Å². The molecule has 170 valence electrons. The van der Waals surface area contributed by atoms with Gasteiger partial charge in [-0.1, -0.05) is 41.0 Å². The summed E-state index contributed by atoms with van der Waals surface area (Å²) in [7, 11) is 0. The molecular formula is C24H22ClFN4O2S. The van der Waals surface area contributed by atoms with E-state index in [-0.39, 0.29) is 18.0 Å². The smallest absolute Gasteiger partial charge is 0.258 e. The van der Waals surface area contributed by atoms with Gasteiger partial charge >= 0.3 is 0 Å². The quantitative estimate of drug-likeness (QED) is 0.488. The molecule has 3 aromatic rings. The molecule has 5 rings (SSSR count). The van der Waals surface area contributed by atoms with Crippen molar-refractivity contribution in [2.24, 2.45) is 0 Å². The number of thiocarbonyl (C=S) groups is 1. The first-order valence-corrected chi connectivity index (χ1v) is 11.5. The second kappa shape index (κ2) is 9.21. The fourth-order valence-corrected chi connectivity index (χ4v) is 4.81. The number of hydrogen-bond acceptors (Lipinski definition) is 5. The van der Waals surface area contributed by atoms with E-state index in [0.717, 1.165) is 36.3 Å². The van der Waals surface area contributed by atoms with Gasteiger partial charge in [0.15, 0.2) is 5.11 Å². The Kier molecular flexibility index (Phi) is 6.14. The van der Waals surface area contributed by atoms with Crippen molar-refractivity contribution in [2.45, 2.75) is 31.9 Å². The Bertz CT molecular complexity index is 1220. The van der Waals surface area contributed by atoms with E-state index >= 15 is 0 Å². The lowest BCUT2D eigenvalue weighted by molar-refractivity contribution is 0.0962. The fraction of sp³-hybridized carbons (Fsp3) is 0.292. The van der Waals surface area contributed by atoms with Crippen LogP contribution in [0, 0.1) is 5.82 Å². The maximum atomic E-state index is 13.7. The van der Waals surface area contributed by atoms with Gasteiger partial charge in [0.2, 0.25) is 5.82 Å². The number of rotatable bonds is 5. The fourth-order valence-electron chi connectivity index (χ4n) is 4.28. The summed E-state index contributed by atoms with van der Waals surface area (Å²) in [6.45, 7) is 3.38. The standard InChI is InChI=1S/C24H22ClFN4O2S/c1-14-20(23-28-22(29-32-23)16-6-3-8-18(26)12-16)21(15-5-2-7-17(25)11-15)27-24(33)30(14)13-19-9-4-10-31-19/h2-3,5-8,11-12,19,21H,4,9-10,13H2,1H3,(H,27,33). The minimum Gasteiger partial charge on any atom is -0.376 e. The van der Waals surface area contributed by atoms with Crippen LogP contribution in [0.3, 0.4) is 0 Å². The molecule has 1 aromatic heterocycles. The number of hydrogen-bond donors (Lipinski definition) is 1. The monoisotopic (exact) mass is 484 g/mol. The number of aromatic nitrogens is 2. The third-order valence-corrected chi connectivity index (χ3v) is 6.50. The number of benzene rings is 2. The van der Waals surface area contributed by atoms with Crippen LogP contribution in [0.2, 0.25) is 5.02 Å². The summed E-state index contributed by atoms with van der Waals surface area (Å²) in [5.74, 6) is 0.288. The summed E-state index contributed by atoms with van der Waals surface area (Å²) in [6, 6.07) is 13.3. The molecule has 0 spiro atoms. The van der Waals surface area contributed by atoms with E-state index < -0.39 is 0 Å². The predicted molar refractivity (Wildman–Crippen MR) is 128 cm³/mol. The highest BCUT2D eigenvalue weighted by atomic mass is 35.5. The van der Waals surface area contributed by atoms with Crippen LogP contribution in [0.15, 0.2) is 58.8 Å². The number of allylic oxidation sites excluding steroid dienone is 1. The molecule has 1 N–H and O–H groups in total. The van der Waals surface area contributed by atoms with Crippen LogP contribution in [-0.4, -0.2) is 39.4 Å². The van der Waals surface area contributed by atoms with Crippen molar-refractivity contribution in [1.29, 1.82) is 0 Å². The lowest BCUT2D eigenvalue weighted by Gasteiger charge is -2.38. The number of halogens is 2. The Balaban J connectivity index is 1.58. The molecule has 2 unspecified atom stereocenters. The molecule has 3 heterocycles. The SMILES string of the molecule is CC1=C(c2nc(-c3cccc(F)c3)no2)C(c2cccc(Cl)c2)NC(=S)N1CC1CCCO1. The van der Waals surface area contributed by atoms with Crippen molar-refractivity contribution < 1.29 is 13.7 Å². The van der Waals surface area contributed by atoms with Crippen LogP contribution in [-0.2, 0) is 4.74 Å². The van der Waals surface area contributed by atoms with Gasteiger partial charge in [0.25, 0.3) is 5.89 Å². The molecule has 0 saturated carbocycles. The largest absolute Gasteiger partial charge is 0.376 e. The average molecular weight is 485 g/mol. The second-order valence-electron chi connectivity index (χ2n) is 8.12. The lowest BCUT2D eigenvalue weighted by Crippen LogP contribution is -2.48. The molecule has 2 aliphatic rings. The minimum atomic E-state index is -0.363. The summed E-state index contributed by atoms with van der Waals surface area (Å²) in [6.07, 6.45) is 2.14. The van der Waals surface area contributed by atoms with Gasteiger partial charge in [0, 0.05) is 22.9 Å². The maximum Gasteiger partial charge on any atom is 0.258 e. The van der Waals surface area contributed by atoms with Gasteiger partial charge in [0.1, 0.15) is 5.82 Å². The van der Waals surface area contributed by atoms with Crippen LogP contribution >= 0.6 is 23.8 Å². The van der Waals surface area contributed by atoms with Crippen LogP contribution in [0.25, 0.3) is 17.0 Å². The molecule has 1 fully saturated rings. The molecule has 6 nitrogen and oxygen atoms in total. The van der Waals surface area contributed by atoms with Crippen molar-refractivity contribution in [2.75, 3.05) is 13.2 Å². The Morgan fingerprint density at radius 3 is 2.85 bits per heavy atom. The summed E-state index contributed by atoms with van der Waals surface area (Å²) in [5.41, 5.74) is 3.15. The van der Waals surface area contributed by atoms with E-state index in [2.05, 4.69) is 15.5 Å². The minimum absolute atomic E-state index is 0.106. The normalized spacial score (nSPS) is 20.9. The lowest BCUT2D eigenvalue weighted by atomic mass is 9.94. The van der Waals surface area contributed by atoms with Crippen molar-refractivity contribution in [3.63, 3.8) is 0 Å². The molecule has 0 aliphatic carbocycles. The first kappa shape index (κ1) is 22.0. The van der Waals surface area contributed by atoms with Gasteiger partial charge in [-0.3, -0.25) is 0 Å². The Morgan fingerprint density at radius 1 is 1.24 bits per heavy atom. The molecule has 2 aromatic carbocycles. The van der Waals surface area contributed by atoms with Gasteiger partial charge in [-0.25, -0.2) is 4.39 Å². The molecule has 2 atom stereocenters. The van der Waals surface area contributed by atoms with Crippen molar-refractivity contribution in [3.8, 4) is 11.4 Å². The predicted octanol–water partition coefficient (Wildman–Crippen LogP) is 5.37. The zero-order valence-corrected chi connectivity index (χ0v) is 19.5. The maximum absolute atomic E-state index is 13.7. The van der Waals surface area contributed by atoms with Crippen molar-refractivity contribution in [3.05, 3.63) is 76.5 Å². The van der Waals surface area contributed by atoms with E-state index in [1.807, 2.05) is 36.1 Å². The van der Waals surface area contributed by atoms with Gasteiger partial charge in [-0.2, -0.15) is 4.98 Å². The summed E-state index contributed by atoms with van der Waals surface area (Å²) in [5, 5.41) is 8.75. The Hall–Kier alpha value is -2.81. The number of nitrogens with zero attached hydrogens (tertiary/aromatic N) is 3. The van der Waals surface area contributed by atoms with E-state index in [4.69, 9.17) is 33.1 Å². The topological polar surface area (TPSA) is 63.4 Å². The average Bonchev–Trinajstić information content (AvgIpc) is 3.49. The summed E-state index contributed by atoms with van der Waals surface area (Å²) < 4.78 is 25.3. The highest BCUT2D eigenvalue weighted by Gasteiger charge is 2.35. The van der Waals surface area contributed by atoms with Gasteiger partial charge in [0.05, 0.1) is 24.3 Å². The molecule has 1 saturated heterocycles. The van der Waals surface area contributed by atoms with Crippen LogP contribution < -0.4 is 5.32 Å². The highest BCUT2D eigenvalue weighted by Crippen LogP contribution is 2.38. The highest BCUT2D eigenvalue weighted by molar-refractivity contribution is 7.80. The molecule has 0 radical (unpaired) electrons. The molecule has 33 heavy (non-hydrogen) atoms. The van der Waals surface area contributed by atoms with Gasteiger partial charge in [-0.15, -0.1) is 0 Å². The third kappa shape index (κ3) is 4.51. The third-order valence-electron chi connectivity index (χ3n) is 5.93. The number of ether oxygens (including phenoxy) is 1. The Morgan fingerprint density at radius 2 is 2.09 bits per heavy atom. The molecule has 2 aliphatic heterocycles. The van der Waals surface area contributed by atoms with Gasteiger partial charge < -0.3 is 19.5 Å². The summed E-state index contributed by atoms with van der Waals surface area (Å²) >= 11 is 12.0. The van der Waals surface area contributed by atoms with E-state index in [1.165, 1.54) is 12.1 Å². The first-order valence-electron chi connectivity index (χ1n) is 10.8. The molecule has 9 heteroatoms. The van der Waals surface area contributed by atoms with Crippen LogP contribution in [0.4, 0.5) is 4.39 Å². The van der Waals surface area contributed by atoms with Gasteiger partial charge in [-0.05, 0) is 61.8 Å². The first-order chi connectivity index (χ1) is 16.0. The van der Waals surface area contributed by atoms with E-state index in [1.54, 1.807) is 12.1 Å². The number of nitrogens with one attached hydrogen (secondary N) is 1. The van der Waals surface area contributed by atoms with Crippen LogP contribution in [0.5, 0.6) is 0 Å².